The van der Waals surface area contributed by atoms with E-state index in [0.717, 1.165) is 15.8 Å². The molecule has 0 saturated carbocycles. The first-order valence-corrected chi connectivity index (χ1v) is 7.09. The first kappa shape index (κ1) is 12.6. The lowest BCUT2D eigenvalue weighted by molar-refractivity contribution is 0.627. The Morgan fingerprint density at radius 2 is 2.00 bits per heavy atom. The van der Waals surface area contributed by atoms with Crippen LogP contribution >= 0.6 is 22.9 Å². The molecule has 3 rings (SSSR count). The summed E-state index contributed by atoms with van der Waals surface area (Å²) in [7, 11) is 0. The van der Waals surface area contributed by atoms with Gasteiger partial charge in [-0.1, -0.05) is 35.9 Å². The van der Waals surface area contributed by atoms with Crippen molar-refractivity contribution >= 4 is 33.0 Å². The SMILES string of the molecule is NC(c1ccc(F)c(Cl)c1)c1cccc2ccsc12. The zero-order valence-electron chi connectivity index (χ0n) is 9.94. The van der Waals surface area contributed by atoms with E-state index < -0.39 is 5.82 Å². The minimum absolute atomic E-state index is 0.103. The van der Waals surface area contributed by atoms with E-state index >= 15 is 0 Å². The van der Waals surface area contributed by atoms with Crippen LogP contribution in [0.5, 0.6) is 0 Å². The Hall–Kier alpha value is -1.42. The maximum Gasteiger partial charge on any atom is 0.141 e. The van der Waals surface area contributed by atoms with Crippen molar-refractivity contribution in [3.8, 4) is 0 Å². The number of fused-ring (bicyclic) bond motifs is 1. The Morgan fingerprint density at radius 3 is 2.79 bits per heavy atom. The number of benzene rings is 2. The van der Waals surface area contributed by atoms with Crippen LogP contribution in [0.3, 0.4) is 0 Å². The molecule has 0 radical (unpaired) electrons. The largest absolute Gasteiger partial charge is 0.320 e. The van der Waals surface area contributed by atoms with Crippen LogP contribution in [-0.4, -0.2) is 0 Å². The fourth-order valence-electron chi connectivity index (χ4n) is 2.15. The van der Waals surface area contributed by atoms with Gasteiger partial charge in [0, 0.05) is 4.70 Å². The Kier molecular flexibility index (Phi) is 3.27. The summed E-state index contributed by atoms with van der Waals surface area (Å²) >= 11 is 7.47. The fraction of sp³-hybridized carbons (Fsp3) is 0.0667. The summed E-state index contributed by atoms with van der Waals surface area (Å²) in [6.45, 7) is 0. The highest BCUT2D eigenvalue weighted by Gasteiger charge is 2.14. The van der Waals surface area contributed by atoms with Crippen LogP contribution in [0, 0.1) is 5.82 Å². The standard InChI is InChI=1S/C15H11ClFNS/c16-12-8-10(4-5-13(12)17)14(18)11-3-1-2-9-6-7-19-15(9)11/h1-8,14H,18H2. The van der Waals surface area contributed by atoms with Crippen molar-refractivity contribution in [3.63, 3.8) is 0 Å². The van der Waals surface area contributed by atoms with Gasteiger partial charge in [-0.3, -0.25) is 0 Å². The van der Waals surface area contributed by atoms with E-state index in [2.05, 4.69) is 12.1 Å². The van der Waals surface area contributed by atoms with E-state index in [4.69, 9.17) is 17.3 Å². The van der Waals surface area contributed by atoms with Gasteiger partial charge >= 0.3 is 0 Å². The Balaban J connectivity index is 2.10. The summed E-state index contributed by atoms with van der Waals surface area (Å²) in [5.74, 6) is -0.424. The lowest BCUT2D eigenvalue weighted by Crippen LogP contribution is -2.12. The molecule has 4 heteroatoms. The molecule has 2 N–H and O–H groups in total. The molecule has 0 spiro atoms. The van der Waals surface area contributed by atoms with E-state index in [-0.39, 0.29) is 11.1 Å². The molecule has 1 heterocycles. The minimum atomic E-state index is -0.424. The van der Waals surface area contributed by atoms with Gasteiger partial charge in [0.1, 0.15) is 5.82 Å². The third-order valence-electron chi connectivity index (χ3n) is 3.15. The molecular formula is C15H11ClFNS. The van der Waals surface area contributed by atoms with E-state index in [9.17, 15) is 4.39 Å². The topological polar surface area (TPSA) is 26.0 Å². The Bertz CT molecular complexity index is 738. The van der Waals surface area contributed by atoms with Gasteiger partial charge in [-0.05, 0) is 40.1 Å². The van der Waals surface area contributed by atoms with Crippen LogP contribution in [0.4, 0.5) is 4.39 Å². The lowest BCUT2D eigenvalue weighted by atomic mass is 9.98. The summed E-state index contributed by atoms with van der Waals surface area (Å²) in [6.07, 6.45) is 0. The molecule has 0 aliphatic carbocycles. The average Bonchev–Trinajstić information content (AvgIpc) is 2.89. The molecule has 0 fully saturated rings. The third kappa shape index (κ3) is 2.25. The van der Waals surface area contributed by atoms with Crippen molar-refractivity contribution in [3.05, 3.63) is 69.8 Å². The predicted molar refractivity (Wildman–Crippen MR) is 79.3 cm³/mol. The molecule has 2 aromatic carbocycles. The van der Waals surface area contributed by atoms with Crippen LogP contribution in [0.1, 0.15) is 17.2 Å². The molecular weight excluding hydrogens is 281 g/mol. The van der Waals surface area contributed by atoms with Crippen molar-refractivity contribution in [2.24, 2.45) is 5.73 Å². The van der Waals surface area contributed by atoms with Crippen LogP contribution in [-0.2, 0) is 0 Å². The lowest BCUT2D eigenvalue weighted by Gasteiger charge is -2.14. The van der Waals surface area contributed by atoms with Gasteiger partial charge in [-0.2, -0.15) is 0 Å². The Labute approximate surface area is 119 Å². The maximum atomic E-state index is 13.2. The summed E-state index contributed by atoms with van der Waals surface area (Å²) in [5, 5.41) is 3.32. The quantitative estimate of drug-likeness (QED) is 0.725. The second kappa shape index (κ2) is 4.93. The first-order chi connectivity index (χ1) is 9.16. The molecule has 0 saturated heterocycles. The van der Waals surface area contributed by atoms with Crippen LogP contribution in [0.25, 0.3) is 10.1 Å². The molecule has 0 aliphatic heterocycles. The molecule has 0 bridgehead atoms. The van der Waals surface area contributed by atoms with Crippen molar-refractivity contribution in [2.75, 3.05) is 0 Å². The van der Waals surface area contributed by atoms with Crippen molar-refractivity contribution in [1.82, 2.24) is 0 Å². The first-order valence-electron chi connectivity index (χ1n) is 5.83. The number of hydrogen-bond acceptors (Lipinski definition) is 2. The van der Waals surface area contributed by atoms with Crippen LogP contribution in [0.15, 0.2) is 47.8 Å². The van der Waals surface area contributed by atoms with E-state index in [1.54, 1.807) is 23.5 Å². The number of rotatable bonds is 2. The second-order valence-corrected chi connectivity index (χ2v) is 5.66. The van der Waals surface area contributed by atoms with E-state index in [0.29, 0.717) is 0 Å². The average molecular weight is 292 g/mol. The molecule has 1 aromatic heterocycles. The highest BCUT2D eigenvalue weighted by Crippen LogP contribution is 2.32. The Morgan fingerprint density at radius 1 is 1.16 bits per heavy atom. The molecule has 19 heavy (non-hydrogen) atoms. The van der Waals surface area contributed by atoms with Gasteiger partial charge in [0.05, 0.1) is 11.1 Å². The van der Waals surface area contributed by atoms with Crippen molar-refractivity contribution < 1.29 is 4.39 Å². The zero-order chi connectivity index (χ0) is 13.4. The molecule has 3 aromatic rings. The highest BCUT2D eigenvalue weighted by molar-refractivity contribution is 7.17. The van der Waals surface area contributed by atoms with Crippen molar-refractivity contribution in [2.45, 2.75) is 6.04 Å². The van der Waals surface area contributed by atoms with Gasteiger partial charge in [0.15, 0.2) is 0 Å². The zero-order valence-corrected chi connectivity index (χ0v) is 11.5. The van der Waals surface area contributed by atoms with E-state index in [1.165, 1.54) is 11.5 Å². The monoisotopic (exact) mass is 291 g/mol. The molecule has 0 aliphatic rings. The van der Waals surface area contributed by atoms with Crippen molar-refractivity contribution in [1.29, 1.82) is 0 Å². The molecule has 1 unspecified atom stereocenters. The normalized spacial score (nSPS) is 12.8. The smallest absolute Gasteiger partial charge is 0.141 e. The summed E-state index contributed by atoms with van der Waals surface area (Å²) in [6, 6.07) is 12.4. The molecule has 1 nitrogen and oxygen atoms in total. The maximum absolute atomic E-state index is 13.2. The second-order valence-electron chi connectivity index (χ2n) is 4.34. The molecule has 1 atom stereocenters. The molecule has 0 amide bonds. The fourth-order valence-corrected chi connectivity index (χ4v) is 3.29. The van der Waals surface area contributed by atoms with Crippen LogP contribution in [0.2, 0.25) is 5.02 Å². The summed E-state index contributed by atoms with van der Waals surface area (Å²) in [4.78, 5) is 0. The number of hydrogen-bond donors (Lipinski definition) is 1. The number of nitrogens with two attached hydrogens (primary N) is 1. The third-order valence-corrected chi connectivity index (χ3v) is 4.42. The van der Waals surface area contributed by atoms with Gasteiger partial charge in [-0.15, -0.1) is 11.3 Å². The number of thiophene rings is 1. The minimum Gasteiger partial charge on any atom is -0.320 e. The van der Waals surface area contributed by atoms with Gasteiger partial charge < -0.3 is 5.73 Å². The van der Waals surface area contributed by atoms with E-state index in [1.807, 2.05) is 17.5 Å². The number of halogens is 2. The van der Waals surface area contributed by atoms with Gasteiger partial charge in [0.2, 0.25) is 0 Å². The summed E-state index contributed by atoms with van der Waals surface area (Å²) in [5.41, 5.74) is 8.14. The van der Waals surface area contributed by atoms with Crippen LogP contribution < -0.4 is 5.73 Å². The van der Waals surface area contributed by atoms with Gasteiger partial charge in [0.25, 0.3) is 0 Å². The molecule has 96 valence electrons. The predicted octanol–water partition coefficient (Wildman–Crippen LogP) is 4.74. The van der Waals surface area contributed by atoms with Gasteiger partial charge in [-0.25, -0.2) is 4.39 Å². The summed E-state index contributed by atoms with van der Waals surface area (Å²) < 4.78 is 14.4. The highest BCUT2D eigenvalue weighted by atomic mass is 35.5.